The minimum absolute atomic E-state index is 0.201. The maximum Gasteiger partial charge on any atom is 0.155 e. The summed E-state index contributed by atoms with van der Waals surface area (Å²) in [5.74, 6) is 2.15. The van der Waals surface area contributed by atoms with Crippen molar-refractivity contribution in [1.82, 2.24) is 15.0 Å². The molecule has 2 aliphatic heterocycles. The van der Waals surface area contributed by atoms with E-state index < -0.39 is 0 Å². The summed E-state index contributed by atoms with van der Waals surface area (Å²) < 4.78 is 11.6. The Hall–Kier alpha value is -3.52. The highest BCUT2D eigenvalue weighted by atomic mass is 16.5. The van der Waals surface area contributed by atoms with E-state index in [1.54, 1.807) is 18.6 Å². The smallest absolute Gasteiger partial charge is 0.155 e. The number of fused-ring (bicyclic) bond motifs is 2. The lowest BCUT2D eigenvalue weighted by Crippen LogP contribution is -2.44. The molecule has 1 atom stereocenters. The summed E-state index contributed by atoms with van der Waals surface area (Å²) in [6, 6.07) is 4.23. The van der Waals surface area contributed by atoms with Crippen LogP contribution in [-0.4, -0.2) is 47.0 Å². The van der Waals surface area contributed by atoms with Crippen molar-refractivity contribution in [2.45, 2.75) is 13.0 Å². The molecule has 0 saturated carbocycles. The molecular formula is C21H20N6O2. The Kier molecular flexibility index (Phi) is 4.13. The Morgan fingerprint density at radius 2 is 2.21 bits per heavy atom. The molecule has 8 heteroatoms. The van der Waals surface area contributed by atoms with Gasteiger partial charge in [0.05, 0.1) is 42.7 Å². The minimum atomic E-state index is 0.201. The van der Waals surface area contributed by atoms with Crippen molar-refractivity contribution < 1.29 is 9.47 Å². The molecule has 2 aliphatic rings. The van der Waals surface area contributed by atoms with Gasteiger partial charge in [0.2, 0.25) is 0 Å². The largest absolute Gasteiger partial charge is 0.453 e. The van der Waals surface area contributed by atoms with Gasteiger partial charge in [-0.15, -0.1) is 0 Å². The molecule has 0 aliphatic carbocycles. The van der Waals surface area contributed by atoms with E-state index in [1.807, 2.05) is 6.07 Å². The van der Waals surface area contributed by atoms with Crippen LogP contribution in [0.5, 0.6) is 11.5 Å². The molecule has 146 valence electrons. The number of allylic oxidation sites excluding steroid dienone is 1. The lowest BCUT2D eigenvalue weighted by molar-refractivity contribution is 0.0986. The summed E-state index contributed by atoms with van der Waals surface area (Å²) in [5, 5.41) is 8.23. The molecule has 3 aromatic rings. The maximum absolute atomic E-state index is 7.36. The van der Waals surface area contributed by atoms with Gasteiger partial charge in [0.25, 0.3) is 0 Å². The number of nitrogens with zero attached hydrogens (tertiary/aromatic N) is 4. The number of morpholine rings is 1. The van der Waals surface area contributed by atoms with Gasteiger partial charge >= 0.3 is 0 Å². The lowest BCUT2D eigenvalue weighted by atomic mass is 9.97. The second kappa shape index (κ2) is 6.82. The standard InChI is InChI=1S/C21H20N6O2/c1-12-11-28-7-6-27(12)18-8-14-13-3-5-24-9-16(13)29-17-10-25-20(15(23)2-4-22)21(26-18)19(14)17/h2-5,8-10,12,22H,6-7,11,23H2,1H3/b15-2-,22-4?/t12-/m1/s1. The van der Waals surface area contributed by atoms with Gasteiger partial charge in [-0.05, 0) is 25.1 Å². The average molecular weight is 388 g/mol. The van der Waals surface area contributed by atoms with Crippen molar-refractivity contribution in [2.24, 2.45) is 5.73 Å². The van der Waals surface area contributed by atoms with Crippen LogP contribution in [0.15, 0.2) is 36.8 Å². The molecule has 8 nitrogen and oxygen atoms in total. The second-order valence-electron chi connectivity index (χ2n) is 7.10. The fourth-order valence-electron chi connectivity index (χ4n) is 3.89. The highest BCUT2D eigenvalue weighted by molar-refractivity contribution is 6.06. The fraction of sp³-hybridized carbons (Fsp3) is 0.238. The third-order valence-electron chi connectivity index (χ3n) is 5.28. The highest BCUT2D eigenvalue weighted by Gasteiger charge is 2.27. The average Bonchev–Trinajstić information content (AvgIpc) is 2.74. The first-order valence-corrected chi connectivity index (χ1v) is 9.44. The molecule has 29 heavy (non-hydrogen) atoms. The fourth-order valence-corrected chi connectivity index (χ4v) is 3.89. The van der Waals surface area contributed by atoms with Crippen LogP contribution >= 0.6 is 0 Å². The van der Waals surface area contributed by atoms with Gasteiger partial charge in [-0.2, -0.15) is 0 Å². The maximum atomic E-state index is 7.36. The summed E-state index contributed by atoms with van der Waals surface area (Å²) in [6.07, 6.45) is 7.77. The van der Waals surface area contributed by atoms with Crippen molar-refractivity contribution in [3.8, 4) is 22.6 Å². The van der Waals surface area contributed by atoms with Gasteiger partial charge in [0.1, 0.15) is 17.0 Å². The van der Waals surface area contributed by atoms with Gasteiger partial charge in [-0.3, -0.25) is 4.98 Å². The van der Waals surface area contributed by atoms with Gasteiger partial charge in [0, 0.05) is 30.1 Å². The number of ether oxygens (including phenoxy) is 2. The van der Waals surface area contributed by atoms with Gasteiger partial charge in [-0.1, -0.05) is 0 Å². The highest BCUT2D eigenvalue weighted by Crippen LogP contribution is 2.47. The molecule has 5 heterocycles. The number of nitrogens with two attached hydrogens (primary N) is 1. The molecular weight excluding hydrogens is 368 g/mol. The van der Waals surface area contributed by atoms with Crippen LogP contribution < -0.4 is 15.4 Å². The van der Waals surface area contributed by atoms with E-state index in [9.17, 15) is 0 Å². The van der Waals surface area contributed by atoms with Gasteiger partial charge < -0.3 is 25.5 Å². The Bertz CT molecular complexity index is 1160. The Labute approximate surface area is 167 Å². The predicted octanol–water partition coefficient (Wildman–Crippen LogP) is 2.97. The summed E-state index contributed by atoms with van der Waals surface area (Å²) in [5.41, 5.74) is 9.75. The number of pyridine rings is 3. The summed E-state index contributed by atoms with van der Waals surface area (Å²) >= 11 is 0. The predicted molar refractivity (Wildman–Crippen MR) is 111 cm³/mol. The molecule has 1 saturated heterocycles. The number of rotatable bonds is 3. The van der Waals surface area contributed by atoms with Crippen molar-refractivity contribution in [3.63, 3.8) is 0 Å². The molecule has 0 aromatic carbocycles. The first-order valence-electron chi connectivity index (χ1n) is 9.44. The van der Waals surface area contributed by atoms with E-state index in [0.29, 0.717) is 41.6 Å². The summed E-state index contributed by atoms with van der Waals surface area (Å²) in [6.45, 7) is 4.19. The van der Waals surface area contributed by atoms with Crippen molar-refractivity contribution >= 4 is 28.6 Å². The van der Waals surface area contributed by atoms with Crippen LogP contribution in [0.3, 0.4) is 0 Å². The third-order valence-corrected chi connectivity index (χ3v) is 5.28. The first-order chi connectivity index (χ1) is 14.2. The Morgan fingerprint density at radius 3 is 3.03 bits per heavy atom. The van der Waals surface area contributed by atoms with E-state index in [0.717, 1.165) is 35.1 Å². The second-order valence-corrected chi connectivity index (χ2v) is 7.10. The molecule has 0 unspecified atom stereocenters. The molecule has 0 amide bonds. The summed E-state index contributed by atoms with van der Waals surface area (Å²) in [4.78, 5) is 15.9. The van der Waals surface area contributed by atoms with Crippen LogP contribution in [0.1, 0.15) is 12.6 Å². The van der Waals surface area contributed by atoms with E-state index >= 15 is 0 Å². The van der Waals surface area contributed by atoms with E-state index in [4.69, 9.17) is 25.6 Å². The number of nitrogens with one attached hydrogen (secondary N) is 1. The molecule has 0 bridgehead atoms. The van der Waals surface area contributed by atoms with Crippen molar-refractivity contribution in [3.05, 3.63) is 42.5 Å². The van der Waals surface area contributed by atoms with Gasteiger partial charge in [0.15, 0.2) is 11.5 Å². The van der Waals surface area contributed by atoms with Crippen molar-refractivity contribution in [2.75, 3.05) is 24.7 Å². The monoisotopic (exact) mass is 388 g/mol. The minimum Gasteiger partial charge on any atom is -0.453 e. The van der Waals surface area contributed by atoms with Gasteiger partial charge in [-0.25, -0.2) is 9.97 Å². The number of anilines is 1. The van der Waals surface area contributed by atoms with E-state index in [2.05, 4.69) is 27.9 Å². The van der Waals surface area contributed by atoms with E-state index in [1.165, 1.54) is 6.08 Å². The van der Waals surface area contributed by atoms with Crippen LogP contribution in [0.4, 0.5) is 5.82 Å². The lowest BCUT2D eigenvalue weighted by Gasteiger charge is -2.35. The zero-order chi connectivity index (χ0) is 20.0. The Balaban J connectivity index is 1.83. The zero-order valence-electron chi connectivity index (χ0n) is 15.9. The molecule has 1 fully saturated rings. The number of hydrogen-bond donors (Lipinski definition) is 2. The topological polar surface area (TPSA) is 110 Å². The molecule has 0 radical (unpaired) electrons. The van der Waals surface area contributed by atoms with Crippen LogP contribution in [-0.2, 0) is 4.74 Å². The first kappa shape index (κ1) is 17.6. The Morgan fingerprint density at radius 1 is 1.31 bits per heavy atom. The van der Waals surface area contributed by atoms with E-state index in [-0.39, 0.29) is 6.04 Å². The van der Waals surface area contributed by atoms with Crippen LogP contribution in [0, 0.1) is 5.41 Å². The molecule has 3 aromatic heterocycles. The summed E-state index contributed by atoms with van der Waals surface area (Å²) in [7, 11) is 0. The quantitative estimate of drug-likeness (QED) is 0.519. The molecule has 5 rings (SSSR count). The SMILES string of the molecule is C[C@@H]1COCCN1c1cc2c3c(cnc(/C(N)=C/C=N)c3n1)Oc1cnccc1-2. The molecule has 3 N–H and O–H groups in total. The number of hydrogen-bond acceptors (Lipinski definition) is 8. The van der Waals surface area contributed by atoms with Crippen molar-refractivity contribution in [1.29, 1.82) is 5.41 Å². The third kappa shape index (κ3) is 2.80. The van der Waals surface area contributed by atoms with Crippen LogP contribution in [0.2, 0.25) is 0 Å². The zero-order valence-corrected chi connectivity index (χ0v) is 15.9. The van der Waals surface area contributed by atoms with Crippen LogP contribution in [0.25, 0.3) is 27.7 Å². The normalized spacial score (nSPS) is 18.3. The molecule has 0 spiro atoms. The number of aromatic nitrogens is 3.